The molecule has 0 aliphatic carbocycles. The summed E-state index contributed by atoms with van der Waals surface area (Å²) in [6.07, 6.45) is 0.744. The van der Waals surface area contributed by atoms with Crippen molar-refractivity contribution in [2.24, 2.45) is 5.73 Å². The monoisotopic (exact) mass is 183 g/mol. The van der Waals surface area contributed by atoms with Crippen molar-refractivity contribution in [1.29, 1.82) is 0 Å². The summed E-state index contributed by atoms with van der Waals surface area (Å²) < 4.78 is 18.4. The molecule has 0 fully saturated rings. The molecule has 0 bridgehead atoms. The van der Waals surface area contributed by atoms with E-state index >= 15 is 0 Å². The highest BCUT2D eigenvalue weighted by atomic mass is 19.1. The molecule has 0 aliphatic rings. The molecule has 1 rings (SSSR count). The Morgan fingerprint density at radius 3 is 2.85 bits per heavy atom. The lowest BCUT2D eigenvalue weighted by Gasteiger charge is -2.08. The largest absolute Gasteiger partial charge is 0.490 e. The highest BCUT2D eigenvalue weighted by Crippen LogP contribution is 2.21. The van der Waals surface area contributed by atoms with E-state index in [0.29, 0.717) is 18.9 Å². The van der Waals surface area contributed by atoms with Crippen LogP contribution in [0.1, 0.15) is 12.0 Å². The smallest absolute Gasteiger partial charge is 0.165 e. The molecule has 2 nitrogen and oxygen atoms in total. The molecule has 3 heteroatoms. The van der Waals surface area contributed by atoms with Gasteiger partial charge in [0, 0.05) is 0 Å². The highest BCUT2D eigenvalue weighted by molar-refractivity contribution is 5.33. The molecule has 2 N–H and O–H groups in total. The molecule has 0 saturated heterocycles. The molecule has 0 saturated carbocycles. The summed E-state index contributed by atoms with van der Waals surface area (Å²) in [6, 6.07) is 4.88. The second kappa shape index (κ2) is 4.82. The van der Waals surface area contributed by atoms with Crippen molar-refractivity contribution in [2.45, 2.75) is 13.3 Å². The van der Waals surface area contributed by atoms with E-state index in [2.05, 4.69) is 0 Å². The standard InChI is InChI=1S/C10H14FNO/c1-8-4-2-5-9(11)10(8)13-7-3-6-12/h2,4-5H,3,6-7,12H2,1H3. The van der Waals surface area contributed by atoms with Crippen LogP contribution in [0.3, 0.4) is 0 Å². The molecule has 0 aliphatic heterocycles. The minimum atomic E-state index is -0.308. The Labute approximate surface area is 77.5 Å². The predicted octanol–water partition coefficient (Wildman–Crippen LogP) is 1.86. The maximum absolute atomic E-state index is 13.1. The van der Waals surface area contributed by atoms with E-state index in [0.717, 1.165) is 12.0 Å². The van der Waals surface area contributed by atoms with Gasteiger partial charge in [0.15, 0.2) is 11.6 Å². The van der Waals surface area contributed by atoms with Crippen LogP contribution in [0, 0.1) is 12.7 Å². The Morgan fingerprint density at radius 1 is 1.46 bits per heavy atom. The SMILES string of the molecule is Cc1cccc(F)c1OCCCN. The summed E-state index contributed by atoms with van der Waals surface area (Å²) in [5.74, 6) is 0.0352. The van der Waals surface area contributed by atoms with E-state index in [9.17, 15) is 4.39 Å². The molecule has 1 aromatic carbocycles. The third kappa shape index (κ3) is 2.70. The first kappa shape index (κ1) is 9.99. The molecular weight excluding hydrogens is 169 g/mol. The zero-order valence-electron chi connectivity index (χ0n) is 7.72. The van der Waals surface area contributed by atoms with Gasteiger partial charge in [-0.15, -0.1) is 0 Å². The second-order valence-corrected chi connectivity index (χ2v) is 2.88. The molecule has 0 atom stereocenters. The van der Waals surface area contributed by atoms with Crippen LogP contribution < -0.4 is 10.5 Å². The van der Waals surface area contributed by atoms with Gasteiger partial charge < -0.3 is 10.5 Å². The van der Waals surface area contributed by atoms with Gasteiger partial charge in [-0.05, 0) is 31.5 Å². The molecule has 0 amide bonds. The van der Waals surface area contributed by atoms with E-state index in [1.54, 1.807) is 6.07 Å². The van der Waals surface area contributed by atoms with Crippen molar-refractivity contribution in [3.05, 3.63) is 29.6 Å². The van der Waals surface area contributed by atoms with Crippen molar-refractivity contribution in [1.82, 2.24) is 0 Å². The summed E-state index contributed by atoms with van der Waals surface area (Å²) in [6.45, 7) is 2.85. The topological polar surface area (TPSA) is 35.2 Å². The quantitative estimate of drug-likeness (QED) is 0.723. The summed E-state index contributed by atoms with van der Waals surface area (Å²) in [7, 11) is 0. The van der Waals surface area contributed by atoms with Crippen LogP contribution in [0.15, 0.2) is 18.2 Å². The number of hydrogen-bond acceptors (Lipinski definition) is 2. The maximum atomic E-state index is 13.1. The average molecular weight is 183 g/mol. The highest BCUT2D eigenvalue weighted by Gasteiger charge is 2.04. The Balaban J connectivity index is 2.64. The first-order valence-corrected chi connectivity index (χ1v) is 4.33. The summed E-state index contributed by atoms with van der Waals surface area (Å²) in [5.41, 5.74) is 6.11. The van der Waals surface area contributed by atoms with Crippen LogP contribution in [-0.2, 0) is 0 Å². The second-order valence-electron chi connectivity index (χ2n) is 2.88. The van der Waals surface area contributed by atoms with Crippen LogP contribution in [0.25, 0.3) is 0 Å². The lowest BCUT2D eigenvalue weighted by molar-refractivity contribution is 0.295. The van der Waals surface area contributed by atoms with E-state index in [1.807, 2.05) is 13.0 Å². The lowest BCUT2D eigenvalue weighted by Crippen LogP contribution is -2.07. The summed E-state index contributed by atoms with van der Waals surface area (Å²) >= 11 is 0. The Morgan fingerprint density at radius 2 is 2.23 bits per heavy atom. The van der Waals surface area contributed by atoms with Gasteiger partial charge in [0.1, 0.15) is 0 Å². The molecule has 0 spiro atoms. The Kier molecular flexibility index (Phi) is 3.71. The van der Waals surface area contributed by atoms with Crippen LogP contribution >= 0.6 is 0 Å². The average Bonchev–Trinajstić information content (AvgIpc) is 2.10. The molecule has 72 valence electrons. The minimum Gasteiger partial charge on any atom is -0.490 e. The Hall–Kier alpha value is -1.09. The lowest BCUT2D eigenvalue weighted by atomic mass is 10.2. The van der Waals surface area contributed by atoms with Gasteiger partial charge in [0.05, 0.1) is 6.61 Å². The number of benzene rings is 1. The van der Waals surface area contributed by atoms with Gasteiger partial charge in [-0.2, -0.15) is 0 Å². The molecule has 13 heavy (non-hydrogen) atoms. The van der Waals surface area contributed by atoms with Gasteiger partial charge in [-0.25, -0.2) is 4.39 Å². The van der Waals surface area contributed by atoms with Crippen LogP contribution in [0.4, 0.5) is 4.39 Å². The number of ether oxygens (including phenoxy) is 1. The van der Waals surface area contributed by atoms with Crippen molar-refractivity contribution < 1.29 is 9.13 Å². The van der Waals surface area contributed by atoms with Gasteiger partial charge in [0.2, 0.25) is 0 Å². The summed E-state index contributed by atoms with van der Waals surface area (Å²) in [4.78, 5) is 0. The summed E-state index contributed by atoms with van der Waals surface area (Å²) in [5, 5.41) is 0. The van der Waals surface area contributed by atoms with Crippen molar-refractivity contribution in [3.63, 3.8) is 0 Å². The van der Waals surface area contributed by atoms with E-state index in [-0.39, 0.29) is 5.82 Å². The molecule has 0 aromatic heterocycles. The number of aryl methyl sites for hydroxylation is 1. The first-order valence-electron chi connectivity index (χ1n) is 4.33. The molecular formula is C10H14FNO. The van der Waals surface area contributed by atoms with Crippen LogP contribution in [-0.4, -0.2) is 13.2 Å². The van der Waals surface area contributed by atoms with E-state index in [4.69, 9.17) is 10.5 Å². The fourth-order valence-corrected chi connectivity index (χ4v) is 1.06. The normalized spacial score (nSPS) is 10.1. The van der Waals surface area contributed by atoms with Crippen molar-refractivity contribution >= 4 is 0 Å². The predicted molar refractivity (Wildman–Crippen MR) is 50.3 cm³/mol. The fourth-order valence-electron chi connectivity index (χ4n) is 1.06. The van der Waals surface area contributed by atoms with Crippen LogP contribution in [0.5, 0.6) is 5.75 Å². The minimum absolute atomic E-state index is 0.308. The first-order chi connectivity index (χ1) is 6.25. The third-order valence-electron chi connectivity index (χ3n) is 1.76. The molecule has 1 aromatic rings. The van der Waals surface area contributed by atoms with Gasteiger partial charge in [-0.1, -0.05) is 12.1 Å². The number of para-hydroxylation sites is 1. The molecule has 0 radical (unpaired) electrons. The van der Waals surface area contributed by atoms with Crippen molar-refractivity contribution in [3.8, 4) is 5.75 Å². The number of nitrogens with two attached hydrogens (primary N) is 1. The number of rotatable bonds is 4. The number of halogens is 1. The van der Waals surface area contributed by atoms with E-state index in [1.165, 1.54) is 6.07 Å². The van der Waals surface area contributed by atoms with Gasteiger partial charge >= 0.3 is 0 Å². The van der Waals surface area contributed by atoms with E-state index < -0.39 is 0 Å². The Bertz CT molecular complexity index is 255. The zero-order valence-corrected chi connectivity index (χ0v) is 7.72. The van der Waals surface area contributed by atoms with Gasteiger partial charge in [0.25, 0.3) is 0 Å². The zero-order chi connectivity index (χ0) is 9.68. The molecule has 0 unspecified atom stereocenters. The number of hydrogen-bond donors (Lipinski definition) is 1. The fraction of sp³-hybridized carbons (Fsp3) is 0.400. The van der Waals surface area contributed by atoms with Gasteiger partial charge in [-0.3, -0.25) is 0 Å². The van der Waals surface area contributed by atoms with Crippen LogP contribution in [0.2, 0.25) is 0 Å². The molecule has 0 heterocycles. The van der Waals surface area contributed by atoms with Crippen molar-refractivity contribution in [2.75, 3.05) is 13.2 Å². The maximum Gasteiger partial charge on any atom is 0.165 e. The third-order valence-corrected chi connectivity index (χ3v) is 1.76.